The van der Waals surface area contributed by atoms with Crippen molar-refractivity contribution in [2.75, 3.05) is 0 Å². The fourth-order valence-electron chi connectivity index (χ4n) is 1.69. The number of nitrogens with two attached hydrogens (primary N) is 1. The molecular weight excluding hydrogens is 216 g/mol. The van der Waals surface area contributed by atoms with Crippen molar-refractivity contribution in [1.29, 1.82) is 0 Å². The van der Waals surface area contributed by atoms with Crippen LogP contribution in [-0.2, 0) is 13.0 Å². The van der Waals surface area contributed by atoms with E-state index in [1.807, 2.05) is 24.4 Å². The van der Waals surface area contributed by atoms with E-state index in [0.29, 0.717) is 13.0 Å². The van der Waals surface area contributed by atoms with Gasteiger partial charge in [-0.3, -0.25) is 0 Å². The molecule has 2 aromatic heterocycles. The van der Waals surface area contributed by atoms with Crippen LogP contribution in [0.4, 0.5) is 0 Å². The lowest BCUT2D eigenvalue weighted by atomic mass is 10.2. The van der Waals surface area contributed by atoms with Gasteiger partial charge in [0.05, 0.1) is 11.8 Å². The predicted octanol–water partition coefficient (Wildman–Crippen LogP) is 0.649. The van der Waals surface area contributed by atoms with Crippen LogP contribution >= 0.6 is 0 Å². The highest BCUT2D eigenvalue weighted by Gasteiger charge is 2.07. The van der Waals surface area contributed by atoms with Crippen molar-refractivity contribution in [2.45, 2.75) is 26.0 Å². The van der Waals surface area contributed by atoms with E-state index in [1.54, 1.807) is 17.8 Å². The van der Waals surface area contributed by atoms with Gasteiger partial charge in [-0.15, -0.1) is 0 Å². The summed E-state index contributed by atoms with van der Waals surface area (Å²) in [5.74, 6) is 0.742. The van der Waals surface area contributed by atoms with Crippen molar-refractivity contribution >= 4 is 0 Å². The molecule has 5 heteroatoms. The summed E-state index contributed by atoms with van der Waals surface area (Å²) in [6.45, 7) is 2.17. The van der Waals surface area contributed by atoms with E-state index in [-0.39, 0.29) is 0 Å². The second-order valence-electron chi connectivity index (χ2n) is 4.00. The fourth-order valence-corrected chi connectivity index (χ4v) is 1.69. The third-order valence-electron chi connectivity index (χ3n) is 2.45. The highest BCUT2D eigenvalue weighted by Crippen LogP contribution is 2.11. The molecule has 2 aromatic rings. The summed E-state index contributed by atoms with van der Waals surface area (Å²) >= 11 is 0. The first-order valence-electron chi connectivity index (χ1n) is 5.57. The molecule has 1 atom stereocenters. The van der Waals surface area contributed by atoms with Gasteiger partial charge >= 0.3 is 0 Å². The van der Waals surface area contributed by atoms with E-state index in [1.165, 1.54) is 0 Å². The van der Waals surface area contributed by atoms with Gasteiger partial charge in [-0.2, -0.15) is 5.10 Å². The second kappa shape index (κ2) is 5.07. The van der Waals surface area contributed by atoms with Gasteiger partial charge in [-0.05, 0) is 19.1 Å². The molecule has 0 aliphatic heterocycles. The molecule has 5 nitrogen and oxygen atoms in total. The summed E-state index contributed by atoms with van der Waals surface area (Å²) < 4.78 is 1.69. The van der Waals surface area contributed by atoms with Gasteiger partial charge in [0.15, 0.2) is 5.82 Å². The lowest BCUT2D eigenvalue weighted by molar-refractivity contribution is 0.194. The average molecular weight is 232 g/mol. The van der Waals surface area contributed by atoms with Crippen LogP contribution in [0.3, 0.4) is 0 Å². The Labute approximate surface area is 99.9 Å². The Morgan fingerprint density at radius 1 is 1.47 bits per heavy atom. The minimum Gasteiger partial charge on any atom is -0.393 e. The smallest absolute Gasteiger partial charge is 0.157 e. The van der Waals surface area contributed by atoms with Crippen molar-refractivity contribution in [3.05, 3.63) is 41.9 Å². The molecule has 90 valence electrons. The number of aliphatic hydroxyl groups excluding tert-OH is 1. The van der Waals surface area contributed by atoms with E-state index in [2.05, 4.69) is 10.1 Å². The van der Waals surface area contributed by atoms with Gasteiger partial charge in [0.1, 0.15) is 0 Å². The van der Waals surface area contributed by atoms with Gasteiger partial charge in [-0.25, -0.2) is 9.67 Å². The molecule has 0 aromatic carbocycles. The third-order valence-corrected chi connectivity index (χ3v) is 2.45. The predicted molar refractivity (Wildman–Crippen MR) is 64.6 cm³/mol. The number of aliphatic hydroxyl groups is 1. The lowest BCUT2D eigenvalue weighted by Crippen LogP contribution is -2.09. The molecule has 2 rings (SSSR count). The first-order chi connectivity index (χ1) is 8.20. The fraction of sp³-hybridized carbons (Fsp3) is 0.333. The number of nitrogens with zero attached hydrogens (tertiary/aromatic N) is 3. The molecule has 0 fully saturated rings. The van der Waals surface area contributed by atoms with Crippen molar-refractivity contribution in [3.63, 3.8) is 0 Å². The summed E-state index contributed by atoms with van der Waals surface area (Å²) in [6, 6.07) is 5.66. The van der Waals surface area contributed by atoms with Crippen LogP contribution in [-0.4, -0.2) is 26.0 Å². The number of rotatable bonds is 4. The van der Waals surface area contributed by atoms with Crippen LogP contribution in [0.1, 0.15) is 18.2 Å². The first kappa shape index (κ1) is 11.8. The minimum absolute atomic E-state index is 0.393. The maximum atomic E-state index is 9.30. The van der Waals surface area contributed by atoms with E-state index in [9.17, 15) is 5.11 Å². The number of aromatic nitrogens is 3. The van der Waals surface area contributed by atoms with Crippen LogP contribution in [0.15, 0.2) is 30.6 Å². The number of pyridine rings is 1. The molecule has 0 amide bonds. The minimum atomic E-state index is -0.393. The Bertz CT molecular complexity index is 493. The van der Waals surface area contributed by atoms with Crippen molar-refractivity contribution in [2.24, 2.45) is 5.73 Å². The molecule has 2 heterocycles. The topological polar surface area (TPSA) is 77.0 Å². The maximum Gasteiger partial charge on any atom is 0.157 e. The van der Waals surface area contributed by atoms with E-state index >= 15 is 0 Å². The van der Waals surface area contributed by atoms with Crippen molar-refractivity contribution in [3.8, 4) is 5.82 Å². The van der Waals surface area contributed by atoms with Crippen LogP contribution in [0.25, 0.3) is 5.82 Å². The number of hydrogen-bond acceptors (Lipinski definition) is 4. The van der Waals surface area contributed by atoms with Crippen LogP contribution < -0.4 is 5.73 Å². The Morgan fingerprint density at radius 2 is 2.29 bits per heavy atom. The quantitative estimate of drug-likeness (QED) is 0.811. The van der Waals surface area contributed by atoms with Gasteiger partial charge < -0.3 is 10.8 Å². The summed E-state index contributed by atoms with van der Waals surface area (Å²) in [5.41, 5.74) is 7.44. The van der Waals surface area contributed by atoms with Crippen molar-refractivity contribution in [1.82, 2.24) is 14.8 Å². The molecule has 0 aliphatic rings. The van der Waals surface area contributed by atoms with E-state index in [4.69, 9.17) is 5.73 Å². The molecule has 0 radical (unpaired) electrons. The molecule has 0 saturated heterocycles. The molecular formula is C12H16N4O. The van der Waals surface area contributed by atoms with Gasteiger partial charge in [0.25, 0.3) is 0 Å². The molecule has 17 heavy (non-hydrogen) atoms. The van der Waals surface area contributed by atoms with E-state index < -0.39 is 6.10 Å². The summed E-state index contributed by atoms with van der Waals surface area (Å²) in [4.78, 5) is 4.27. The highest BCUT2D eigenvalue weighted by molar-refractivity contribution is 5.32. The molecule has 1 unspecified atom stereocenters. The maximum absolute atomic E-state index is 9.30. The lowest BCUT2D eigenvalue weighted by Gasteiger charge is -2.05. The molecule has 0 spiro atoms. The monoisotopic (exact) mass is 232 g/mol. The molecule has 0 bridgehead atoms. The van der Waals surface area contributed by atoms with Gasteiger partial charge in [-0.1, -0.05) is 6.07 Å². The van der Waals surface area contributed by atoms with Crippen molar-refractivity contribution < 1.29 is 5.11 Å². The van der Waals surface area contributed by atoms with Crippen LogP contribution in [0, 0.1) is 0 Å². The summed E-state index contributed by atoms with van der Waals surface area (Å²) in [7, 11) is 0. The number of hydrogen-bond donors (Lipinski definition) is 2. The third kappa shape index (κ3) is 2.69. The highest BCUT2D eigenvalue weighted by atomic mass is 16.3. The Morgan fingerprint density at radius 3 is 3.00 bits per heavy atom. The first-order valence-corrected chi connectivity index (χ1v) is 5.57. The Kier molecular flexibility index (Phi) is 3.51. The zero-order chi connectivity index (χ0) is 12.3. The Balaban J connectivity index is 2.30. The molecule has 3 N–H and O–H groups in total. The zero-order valence-electron chi connectivity index (χ0n) is 9.74. The average Bonchev–Trinajstić information content (AvgIpc) is 2.76. The SMILES string of the molecule is CC(O)Cc1ccn(-c2ncccc2CN)n1. The molecule has 0 saturated carbocycles. The van der Waals surface area contributed by atoms with Crippen LogP contribution in [0.2, 0.25) is 0 Å². The largest absolute Gasteiger partial charge is 0.393 e. The normalized spacial score (nSPS) is 12.6. The summed E-state index contributed by atoms with van der Waals surface area (Å²) in [6.07, 6.45) is 3.69. The van der Waals surface area contributed by atoms with Gasteiger partial charge in [0, 0.05) is 30.9 Å². The molecule has 0 aliphatic carbocycles. The Hall–Kier alpha value is -1.72. The van der Waals surface area contributed by atoms with Gasteiger partial charge in [0.2, 0.25) is 0 Å². The zero-order valence-corrected chi connectivity index (χ0v) is 9.74. The standard InChI is InChI=1S/C12H16N4O/c1-9(17)7-11-4-6-16(15-11)12-10(8-13)3-2-5-14-12/h2-6,9,17H,7-8,13H2,1H3. The van der Waals surface area contributed by atoms with E-state index in [0.717, 1.165) is 17.1 Å². The second-order valence-corrected chi connectivity index (χ2v) is 4.00. The van der Waals surface area contributed by atoms with Crippen LogP contribution in [0.5, 0.6) is 0 Å². The summed E-state index contributed by atoms with van der Waals surface area (Å²) in [5, 5.41) is 13.7.